The number of carbonyl (C=O) groups excluding carboxylic acids is 1. The zero-order valence-electron chi connectivity index (χ0n) is 19.5. The summed E-state index contributed by atoms with van der Waals surface area (Å²) in [5.41, 5.74) is 2.52. The van der Waals surface area contributed by atoms with Crippen molar-refractivity contribution < 1.29 is 13.9 Å². The zero-order chi connectivity index (χ0) is 24.3. The molecule has 0 radical (unpaired) electrons. The van der Waals surface area contributed by atoms with Gasteiger partial charge in [-0.05, 0) is 23.8 Å². The minimum atomic E-state index is -0.498. The second-order valence-electron chi connectivity index (χ2n) is 8.57. The molecule has 1 aliphatic heterocycles. The molecule has 1 atom stereocenters. The van der Waals surface area contributed by atoms with Crippen molar-refractivity contribution in [2.24, 2.45) is 0 Å². The first-order valence-corrected chi connectivity index (χ1v) is 12.8. The first-order valence-electron chi connectivity index (χ1n) is 11.9. The first kappa shape index (κ1) is 22.6. The normalized spacial score (nSPS) is 14.8. The number of thioether (sulfide) groups is 1. The van der Waals surface area contributed by atoms with Crippen LogP contribution in [0.2, 0.25) is 0 Å². The fraction of sp³-hybridized carbons (Fsp3) is 0.222. The molecule has 1 aliphatic rings. The number of hydrogen-bond acceptors (Lipinski definition) is 7. The summed E-state index contributed by atoms with van der Waals surface area (Å²) in [5, 5.41) is 10.2. The van der Waals surface area contributed by atoms with E-state index in [4.69, 9.17) is 9.15 Å². The lowest BCUT2D eigenvalue weighted by molar-refractivity contribution is 0.0991. The molecule has 6 rings (SSSR count). The minimum absolute atomic E-state index is 0.0177. The Kier molecular flexibility index (Phi) is 6.31. The van der Waals surface area contributed by atoms with Crippen LogP contribution in [0.4, 0.5) is 5.95 Å². The molecule has 4 heterocycles. The van der Waals surface area contributed by atoms with Gasteiger partial charge in [-0.15, -0.1) is 10.2 Å². The maximum Gasteiger partial charge on any atom is 0.228 e. The van der Waals surface area contributed by atoms with Crippen molar-refractivity contribution in [2.75, 3.05) is 31.2 Å². The summed E-state index contributed by atoms with van der Waals surface area (Å²) in [4.78, 5) is 19.4. The lowest BCUT2D eigenvalue weighted by Gasteiger charge is -2.28. The topological polar surface area (TPSA) is 89.2 Å². The molecule has 1 fully saturated rings. The van der Waals surface area contributed by atoms with Crippen LogP contribution in [-0.2, 0) is 11.3 Å². The van der Waals surface area contributed by atoms with Gasteiger partial charge in [0.25, 0.3) is 0 Å². The Labute approximate surface area is 212 Å². The van der Waals surface area contributed by atoms with E-state index < -0.39 is 5.25 Å². The summed E-state index contributed by atoms with van der Waals surface area (Å²) in [6.45, 7) is 3.22. The van der Waals surface area contributed by atoms with Crippen LogP contribution in [0.5, 0.6) is 0 Å². The number of hydrogen-bond donors (Lipinski definition) is 1. The molecule has 5 aromatic rings. The molecule has 0 amide bonds. The smallest absolute Gasteiger partial charge is 0.228 e. The Bertz CT molecular complexity index is 1460. The molecular formula is C27H25N5O3S. The Hall–Kier alpha value is -3.82. The van der Waals surface area contributed by atoms with Gasteiger partial charge >= 0.3 is 0 Å². The number of aromatic amines is 1. The molecule has 2 aromatic carbocycles. The highest BCUT2D eigenvalue weighted by atomic mass is 32.2. The van der Waals surface area contributed by atoms with Gasteiger partial charge in [0.15, 0.2) is 10.9 Å². The Morgan fingerprint density at radius 2 is 1.81 bits per heavy atom. The SMILES string of the molecule is O=C(c1c[nH]c2ccccc12)C(Sc1nnc(N2CCOCC2)n1Cc1ccco1)c1ccccc1. The maximum atomic E-state index is 14.0. The number of nitrogens with zero attached hydrogens (tertiary/aromatic N) is 4. The molecular weight excluding hydrogens is 474 g/mol. The number of rotatable bonds is 8. The zero-order valence-corrected chi connectivity index (χ0v) is 20.4. The van der Waals surface area contributed by atoms with E-state index in [1.165, 1.54) is 11.8 Å². The number of aromatic nitrogens is 4. The van der Waals surface area contributed by atoms with Gasteiger partial charge in [-0.2, -0.15) is 0 Å². The molecule has 9 heteroatoms. The van der Waals surface area contributed by atoms with Gasteiger partial charge in [-0.1, -0.05) is 60.3 Å². The number of Topliss-reactive ketones (excluding diaryl/α,β-unsaturated/α-hetero) is 1. The van der Waals surface area contributed by atoms with Crippen LogP contribution in [0.3, 0.4) is 0 Å². The van der Waals surface area contributed by atoms with E-state index in [2.05, 4.69) is 20.1 Å². The van der Waals surface area contributed by atoms with E-state index >= 15 is 0 Å². The van der Waals surface area contributed by atoms with E-state index in [9.17, 15) is 4.79 Å². The highest BCUT2D eigenvalue weighted by molar-refractivity contribution is 8.00. The number of benzene rings is 2. The maximum absolute atomic E-state index is 14.0. The van der Waals surface area contributed by atoms with Crippen LogP contribution in [0, 0.1) is 0 Å². The fourth-order valence-electron chi connectivity index (χ4n) is 4.49. The van der Waals surface area contributed by atoms with Gasteiger partial charge in [-0.3, -0.25) is 9.36 Å². The predicted octanol–water partition coefficient (Wildman–Crippen LogP) is 4.95. The van der Waals surface area contributed by atoms with E-state index in [1.807, 2.05) is 71.3 Å². The first-order chi connectivity index (χ1) is 17.8. The molecule has 1 unspecified atom stereocenters. The van der Waals surface area contributed by atoms with Crippen molar-refractivity contribution in [3.8, 4) is 0 Å². The van der Waals surface area contributed by atoms with Crippen molar-refractivity contribution >= 4 is 34.4 Å². The summed E-state index contributed by atoms with van der Waals surface area (Å²) >= 11 is 1.42. The van der Waals surface area contributed by atoms with Gasteiger partial charge in [0.05, 0.1) is 26.0 Å². The molecule has 8 nitrogen and oxygen atoms in total. The third kappa shape index (κ3) is 4.43. The second-order valence-corrected chi connectivity index (χ2v) is 9.64. The van der Waals surface area contributed by atoms with Crippen LogP contribution in [-0.4, -0.2) is 51.8 Å². The van der Waals surface area contributed by atoms with Gasteiger partial charge < -0.3 is 19.0 Å². The van der Waals surface area contributed by atoms with Gasteiger partial charge in [0, 0.05) is 35.8 Å². The van der Waals surface area contributed by atoms with Crippen molar-refractivity contribution in [3.63, 3.8) is 0 Å². The van der Waals surface area contributed by atoms with Crippen LogP contribution >= 0.6 is 11.8 Å². The average molecular weight is 500 g/mol. The summed E-state index contributed by atoms with van der Waals surface area (Å²) in [7, 11) is 0. The number of anilines is 1. The molecule has 1 N–H and O–H groups in total. The number of ketones is 1. The third-order valence-electron chi connectivity index (χ3n) is 6.30. The number of H-pyrrole nitrogens is 1. The number of morpholine rings is 1. The molecule has 0 saturated carbocycles. The molecule has 36 heavy (non-hydrogen) atoms. The number of furan rings is 1. The Morgan fingerprint density at radius 1 is 1.00 bits per heavy atom. The van der Waals surface area contributed by atoms with Crippen LogP contribution in [0.15, 0.2) is 88.8 Å². The summed E-state index contributed by atoms with van der Waals surface area (Å²) in [6.07, 6.45) is 3.46. The number of nitrogens with one attached hydrogen (secondary N) is 1. The average Bonchev–Trinajstić information content (AvgIpc) is 3.69. The summed E-state index contributed by atoms with van der Waals surface area (Å²) < 4.78 is 13.2. The highest BCUT2D eigenvalue weighted by Gasteiger charge is 2.29. The lowest BCUT2D eigenvalue weighted by atomic mass is 10.0. The quantitative estimate of drug-likeness (QED) is 0.239. The highest BCUT2D eigenvalue weighted by Crippen LogP contribution is 2.39. The monoisotopic (exact) mass is 499 g/mol. The number of carbonyl (C=O) groups is 1. The molecule has 0 aliphatic carbocycles. The van der Waals surface area contributed by atoms with Crippen molar-refractivity contribution in [2.45, 2.75) is 17.0 Å². The van der Waals surface area contributed by atoms with Crippen LogP contribution < -0.4 is 4.90 Å². The number of para-hydroxylation sites is 1. The molecule has 182 valence electrons. The molecule has 3 aromatic heterocycles. The van der Waals surface area contributed by atoms with E-state index in [0.717, 1.165) is 41.3 Å². The molecule has 0 spiro atoms. The summed E-state index contributed by atoms with van der Waals surface area (Å²) in [6, 6.07) is 21.5. The lowest BCUT2D eigenvalue weighted by Crippen LogP contribution is -2.38. The second kappa shape index (κ2) is 10.0. The van der Waals surface area contributed by atoms with Gasteiger partial charge in [0.1, 0.15) is 11.0 Å². The number of fused-ring (bicyclic) bond motifs is 1. The van der Waals surface area contributed by atoms with Crippen molar-refractivity contribution in [1.82, 2.24) is 19.7 Å². The summed E-state index contributed by atoms with van der Waals surface area (Å²) in [5.74, 6) is 1.57. The minimum Gasteiger partial charge on any atom is -0.467 e. The van der Waals surface area contributed by atoms with Gasteiger partial charge in [0.2, 0.25) is 5.95 Å². The van der Waals surface area contributed by atoms with Gasteiger partial charge in [-0.25, -0.2) is 0 Å². The molecule has 1 saturated heterocycles. The Morgan fingerprint density at radius 3 is 2.61 bits per heavy atom. The fourth-order valence-corrected chi connectivity index (χ4v) is 5.58. The largest absolute Gasteiger partial charge is 0.467 e. The molecule has 0 bridgehead atoms. The van der Waals surface area contributed by atoms with Crippen molar-refractivity contribution in [1.29, 1.82) is 0 Å². The standard InChI is InChI=1S/C27H25N5O3S/c33-24(22-17-28-23-11-5-4-10-21(22)23)25(19-7-2-1-3-8-19)36-27-30-29-26(31-12-15-34-16-13-31)32(27)18-20-9-6-14-35-20/h1-11,14,17,25,28H,12-13,15-16,18H2. The van der Waals surface area contributed by atoms with E-state index in [0.29, 0.717) is 30.5 Å². The predicted molar refractivity (Wildman–Crippen MR) is 139 cm³/mol. The third-order valence-corrected chi connectivity index (χ3v) is 7.54. The van der Waals surface area contributed by atoms with Crippen molar-refractivity contribution in [3.05, 3.63) is 96.1 Å². The van der Waals surface area contributed by atoms with E-state index in [1.54, 1.807) is 12.5 Å². The number of ether oxygens (including phenoxy) is 1. The van der Waals surface area contributed by atoms with Crippen LogP contribution in [0.25, 0.3) is 10.9 Å². The van der Waals surface area contributed by atoms with E-state index in [-0.39, 0.29) is 5.78 Å². The van der Waals surface area contributed by atoms with Crippen LogP contribution in [0.1, 0.15) is 26.9 Å². The Balaban J connectivity index is 1.40.